The summed E-state index contributed by atoms with van der Waals surface area (Å²) in [6, 6.07) is 19.8. The number of pyridine rings is 1. The molecule has 0 fully saturated rings. The van der Waals surface area contributed by atoms with E-state index in [1.807, 2.05) is 0 Å². The number of aliphatic hydroxyl groups excluding tert-OH is 3. The second kappa shape index (κ2) is 17.8. The van der Waals surface area contributed by atoms with Crippen molar-refractivity contribution in [2.24, 2.45) is 5.73 Å². The fourth-order valence-corrected chi connectivity index (χ4v) is 5.11. The van der Waals surface area contributed by atoms with E-state index >= 15 is 0 Å². The van der Waals surface area contributed by atoms with Gasteiger partial charge in [0.15, 0.2) is 11.6 Å². The first kappa shape index (κ1) is 42.5. The summed E-state index contributed by atoms with van der Waals surface area (Å²) in [6.45, 7) is -1.38. The first-order valence-electron chi connectivity index (χ1n) is 17.2. The number of hydrogen-bond donors (Lipinski definition) is 5. The van der Waals surface area contributed by atoms with Crippen LogP contribution in [0.25, 0.3) is 22.8 Å². The number of halogens is 6. The Morgan fingerprint density at radius 3 is 1.63 bits per heavy atom. The highest BCUT2D eigenvalue weighted by molar-refractivity contribution is 5.92. The molecule has 0 bridgehead atoms. The summed E-state index contributed by atoms with van der Waals surface area (Å²) in [5, 5.41) is 30.8. The zero-order valence-corrected chi connectivity index (χ0v) is 30.3. The van der Waals surface area contributed by atoms with Crippen molar-refractivity contribution in [1.82, 2.24) is 30.4 Å². The molecule has 6 rings (SSSR count). The Morgan fingerprint density at radius 1 is 0.650 bits per heavy atom. The number of aromatic nitrogens is 5. The molecule has 0 radical (unpaired) electrons. The molecular weight excluding hydrogens is 808 g/mol. The van der Waals surface area contributed by atoms with Crippen molar-refractivity contribution in [1.29, 1.82) is 0 Å². The summed E-state index contributed by atoms with van der Waals surface area (Å²) in [4.78, 5) is 50.9. The van der Waals surface area contributed by atoms with E-state index in [0.29, 0.717) is 17.3 Å². The second-order valence-electron chi connectivity index (χ2n) is 12.5. The van der Waals surface area contributed by atoms with Crippen molar-refractivity contribution >= 4 is 11.8 Å². The van der Waals surface area contributed by atoms with Crippen molar-refractivity contribution in [3.05, 3.63) is 137 Å². The molecule has 0 saturated heterocycles. The topological polar surface area (TPSA) is 225 Å². The lowest BCUT2D eigenvalue weighted by Crippen LogP contribution is -2.28. The Hall–Kier alpha value is -7.07. The Balaban J connectivity index is 1.11. The zero-order valence-electron chi connectivity index (χ0n) is 30.3. The summed E-state index contributed by atoms with van der Waals surface area (Å²) in [6.07, 6.45) is -11.5. The molecule has 3 aromatic heterocycles. The van der Waals surface area contributed by atoms with E-state index in [1.54, 1.807) is 0 Å². The van der Waals surface area contributed by atoms with Crippen LogP contribution in [0.4, 0.5) is 26.3 Å². The van der Waals surface area contributed by atoms with Crippen molar-refractivity contribution in [2.75, 3.05) is 13.2 Å². The number of aliphatic hydroxyl groups is 3. The maximum atomic E-state index is 13.1. The average molecular weight is 838 g/mol. The Bertz CT molecular complexity index is 2460. The van der Waals surface area contributed by atoms with Crippen LogP contribution in [-0.4, -0.2) is 65.3 Å². The minimum absolute atomic E-state index is 0.0636. The number of nitrogens with zero attached hydrogens (tertiary/aromatic N) is 5. The van der Waals surface area contributed by atoms with Crippen LogP contribution in [0.2, 0.25) is 0 Å². The van der Waals surface area contributed by atoms with Gasteiger partial charge in [-0.05, 0) is 91.0 Å². The maximum absolute atomic E-state index is 13.1. The number of hydrogen-bond acceptors (Lipinski definition) is 13. The number of carbonyl (C=O) groups is 2. The molecule has 0 aliphatic carbocycles. The number of ether oxygens (including phenoxy) is 2. The highest BCUT2D eigenvalue weighted by Gasteiger charge is 2.31. The third-order valence-corrected chi connectivity index (χ3v) is 8.17. The standard InChI is InChI=1S/C39H29F6N7O8/c40-38(41,42)22-5-12-25(13-6-22)59-24-8-1-21(2-9-24)36-48-27(31(54)18-53)16-30(51-36)37(57)52-58-19-32(55)28-15-29(34(46)56)50-35(49-28)20-3-10-26(11-4-20)60-33-14-7-23(17-47-33)39(43,44)45/h1-17,31-32,53-55H,18-19H2,(H2,46,56)(H,52,57). The van der Waals surface area contributed by atoms with Crippen molar-refractivity contribution in [2.45, 2.75) is 24.6 Å². The van der Waals surface area contributed by atoms with Gasteiger partial charge in [-0.2, -0.15) is 26.3 Å². The number of nitrogens with one attached hydrogen (secondary N) is 1. The van der Waals surface area contributed by atoms with Crippen molar-refractivity contribution in [3.63, 3.8) is 0 Å². The Morgan fingerprint density at radius 2 is 1.13 bits per heavy atom. The molecule has 3 heterocycles. The summed E-state index contributed by atoms with van der Waals surface area (Å²) in [7, 11) is 0. The van der Waals surface area contributed by atoms with Crippen LogP contribution in [0.3, 0.4) is 0 Å². The fraction of sp³-hybridized carbons (Fsp3) is 0.154. The number of carbonyl (C=O) groups excluding carboxylic acids is 2. The second-order valence-corrected chi connectivity index (χ2v) is 12.5. The van der Waals surface area contributed by atoms with Gasteiger partial charge in [0.05, 0.1) is 29.1 Å². The zero-order chi connectivity index (χ0) is 43.2. The minimum atomic E-state index is -4.57. The van der Waals surface area contributed by atoms with E-state index in [1.165, 1.54) is 48.5 Å². The number of rotatable bonds is 14. The van der Waals surface area contributed by atoms with Crippen LogP contribution in [0.15, 0.2) is 103 Å². The number of hydroxylamine groups is 1. The van der Waals surface area contributed by atoms with Crippen molar-refractivity contribution in [3.8, 4) is 45.9 Å². The number of amides is 2. The van der Waals surface area contributed by atoms with Crippen LogP contribution in [0.1, 0.15) is 55.7 Å². The highest BCUT2D eigenvalue weighted by Crippen LogP contribution is 2.33. The average Bonchev–Trinajstić information content (AvgIpc) is 3.23. The van der Waals surface area contributed by atoms with E-state index in [0.717, 1.165) is 48.5 Å². The normalized spacial score (nSPS) is 12.7. The van der Waals surface area contributed by atoms with Crippen LogP contribution < -0.4 is 20.7 Å². The third kappa shape index (κ3) is 10.7. The summed E-state index contributed by atoms with van der Waals surface area (Å²) in [5.74, 6) is -1.60. The maximum Gasteiger partial charge on any atom is 0.417 e. The molecule has 21 heteroatoms. The summed E-state index contributed by atoms with van der Waals surface area (Å²) >= 11 is 0. The molecule has 6 aromatic rings. The first-order valence-corrected chi connectivity index (χ1v) is 17.2. The molecule has 0 aliphatic rings. The number of benzene rings is 3. The molecule has 60 heavy (non-hydrogen) atoms. The first-order chi connectivity index (χ1) is 28.5. The van der Waals surface area contributed by atoms with Crippen LogP contribution in [0.5, 0.6) is 23.1 Å². The lowest BCUT2D eigenvalue weighted by Gasteiger charge is -2.14. The van der Waals surface area contributed by atoms with Gasteiger partial charge in [-0.15, -0.1) is 0 Å². The molecule has 2 atom stereocenters. The van der Waals surface area contributed by atoms with E-state index in [9.17, 15) is 51.3 Å². The van der Waals surface area contributed by atoms with E-state index in [2.05, 4.69) is 30.4 Å². The largest absolute Gasteiger partial charge is 0.457 e. The van der Waals surface area contributed by atoms with Gasteiger partial charge < -0.3 is 30.5 Å². The van der Waals surface area contributed by atoms with Crippen LogP contribution in [-0.2, 0) is 17.2 Å². The molecule has 2 unspecified atom stereocenters. The molecule has 3 aromatic carbocycles. The van der Waals surface area contributed by atoms with Gasteiger partial charge in [0.1, 0.15) is 47.5 Å². The SMILES string of the molecule is NC(=O)c1cc(C(O)CONC(=O)c2cc(C(O)CO)nc(-c3ccc(Oc4ccc(C(F)(F)F)cc4)cc3)n2)nc(-c2ccc(Oc3ccc(C(F)(F)F)cn3)cc2)n1. The molecule has 6 N–H and O–H groups in total. The Labute approximate surface area is 334 Å². The third-order valence-electron chi connectivity index (χ3n) is 8.17. The Kier molecular flexibility index (Phi) is 12.6. The predicted molar refractivity (Wildman–Crippen MR) is 195 cm³/mol. The molecule has 15 nitrogen and oxygen atoms in total. The van der Waals surface area contributed by atoms with Crippen LogP contribution in [0, 0.1) is 0 Å². The van der Waals surface area contributed by atoms with Gasteiger partial charge in [0.25, 0.3) is 11.8 Å². The van der Waals surface area contributed by atoms with E-state index < -0.39 is 60.7 Å². The summed E-state index contributed by atoms with van der Waals surface area (Å²) < 4.78 is 88.3. The number of primary amides is 1. The molecule has 310 valence electrons. The minimum Gasteiger partial charge on any atom is -0.457 e. The number of nitrogens with two attached hydrogens (primary N) is 1. The molecular formula is C39H29F6N7O8. The lowest BCUT2D eigenvalue weighted by atomic mass is 10.1. The molecule has 2 amide bonds. The fourth-order valence-electron chi connectivity index (χ4n) is 5.11. The molecule has 0 saturated carbocycles. The highest BCUT2D eigenvalue weighted by atomic mass is 19.4. The van der Waals surface area contributed by atoms with E-state index in [4.69, 9.17) is 20.0 Å². The van der Waals surface area contributed by atoms with Gasteiger partial charge in [-0.25, -0.2) is 30.4 Å². The van der Waals surface area contributed by atoms with Crippen LogP contribution >= 0.6 is 0 Å². The smallest absolute Gasteiger partial charge is 0.417 e. The van der Waals surface area contributed by atoms with Gasteiger partial charge >= 0.3 is 12.4 Å². The predicted octanol–water partition coefficient (Wildman–Crippen LogP) is 6.14. The molecule has 0 spiro atoms. The van der Waals surface area contributed by atoms with Gasteiger partial charge in [-0.3, -0.25) is 14.4 Å². The van der Waals surface area contributed by atoms with Gasteiger partial charge in [-0.1, -0.05) is 0 Å². The van der Waals surface area contributed by atoms with Crippen molar-refractivity contribution < 1.29 is 65.6 Å². The number of alkyl halides is 6. The van der Waals surface area contributed by atoms with Gasteiger partial charge in [0.2, 0.25) is 5.88 Å². The van der Waals surface area contributed by atoms with Gasteiger partial charge in [0, 0.05) is 23.4 Å². The summed E-state index contributed by atoms with van der Waals surface area (Å²) in [5.41, 5.74) is 5.50. The molecule has 0 aliphatic heterocycles. The quantitative estimate of drug-likeness (QED) is 0.0615. The lowest BCUT2D eigenvalue weighted by molar-refractivity contribution is -0.138. The van der Waals surface area contributed by atoms with E-state index in [-0.39, 0.29) is 57.6 Å². The monoisotopic (exact) mass is 837 g/mol.